The third-order valence-corrected chi connectivity index (χ3v) is 4.55. The average Bonchev–Trinajstić information content (AvgIpc) is 3.18. The maximum Gasteiger partial charge on any atom is 0.120 e. The summed E-state index contributed by atoms with van der Waals surface area (Å²) in [6, 6.07) is 12.3. The highest BCUT2D eigenvalue weighted by atomic mass is 16.3. The summed E-state index contributed by atoms with van der Waals surface area (Å²) >= 11 is 0. The van der Waals surface area contributed by atoms with E-state index in [1.165, 1.54) is 5.56 Å². The molecule has 1 saturated heterocycles. The van der Waals surface area contributed by atoms with Gasteiger partial charge in [0.2, 0.25) is 0 Å². The lowest BCUT2D eigenvalue weighted by molar-refractivity contribution is 0.0401. The largest absolute Gasteiger partial charge is 0.382 e. The van der Waals surface area contributed by atoms with Crippen molar-refractivity contribution in [3.05, 3.63) is 53.9 Å². The zero-order chi connectivity index (χ0) is 15.4. The first-order valence-electron chi connectivity index (χ1n) is 7.88. The minimum Gasteiger partial charge on any atom is -0.382 e. The molecule has 22 heavy (non-hydrogen) atoms. The van der Waals surface area contributed by atoms with Gasteiger partial charge in [-0.3, -0.25) is 10.00 Å². The quantitative estimate of drug-likeness (QED) is 0.747. The summed E-state index contributed by atoms with van der Waals surface area (Å²) in [5, 5.41) is 17.6. The molecular weight excluding hydrogens is 276 g/mol. The number of hydrogen-bond donors (Lipinski definition) is 3. The molecule has 2 atom stereocenters. The predicted octanol–water partition coefficient (Wildman–Crippen LogP) is 1.12. The van der Waals surface area contributed by atoms with Crippen LogP contribution in [0.2, 0.25) is 0 Å². The van der Waals surface area contributed by atoms with Crippen LogP contribution in [0.5, 0.6) is 0 Å². The van der Waals surface area contributed by atoms with E-state index in [9.17, 15) is 5.11 Å². The first-order chi connectivity index (χ1) is 10.7. The van der Waals surface area contributed by atoms with Crippen LogP contribution in [0.3, 0.4) is 0 Å². The molecule has 0 amide bonds. The summed E-state index contributed by atoms with van der Waals surface area (Å²) in [4.78, 5) is 2.31. The molecule has 5 heteroatoms. The van der Waals surface area contributed by atoms with Crippen LogP contribution in [-0.4, -0.2) is 46.4 Å². The van der Waals surface area contributed by atoms with Crippen molar-refractivity contribution < 1.29 is 5.11 Å². The van der Waals surface area contributed by atoms with Gasteiger partial charge in [-0.25, -0.2) is 0 Å². The van der Waals surface area contributed by atoms with Crippen LogP contribution < -0.4 is 5.73 Å². The Morgan fingerprint density at radius 1 is 1.32 bits per heavy atom. The van der Waals surface area contributed by atoms with Crippen molar-refractivity contribution in [2.45, 2.75) is 18.4 Å². The van der Waals surface area contributed by atoms with Crippen LogP contribution in [0.1, 0.15) is 17.7 Å². The molecule has 0 saturated carbocycles. The van der Waals surface area contributed by atoms with Gasteiger partial charge in [0.25, 0.3) is 0 Å². The zero-order valence-electron chi connectivity index (χ0n) is 12.8. The number of nitrogens with zero attached hydrogens (tertiary/aromatic N) is 2. The van der Waals surface area contributed by atoms with E-state index in [1.54, 1.807) is 6.20 Å². The Labute approximate surface area is 131 Å². The topological polar surface area (TPSA) is 78.2 Å². The Morgan fingerprint density at radius 2 is 2.14 bits per heavy atom. The second kappa shape index (κ2) is 6.60. The number of aromatic amines is 1. The summed E-state index contributed by atoms with van der Waals surface area (Å²) in [5.74, 6) is 0.409. The van der Waals surface area contributed by atoms with E-state index in [0.29, 0.717) is 19.0 Å². The number of nitrogens with two attached hydrogens (primary N) is 1. The summed E-state index contributed by atoms with van der Waals surface area (Å²) in [5.41, 5.74) is 7.28. The molecule has 0 bridgehead atoms. The Balaban J connectivity index is 1.59. The van der Waals surface area contributed by atoms with Crippen LogP contribution in [0.15, 0.2) is 42.6 Å². The average molecular weight is 300 g/mol. The fourth-order valence-electron chi connectivity index (χ4n) is 3.30. The predicted molar refractivity (Wildman–Crippen MR) is 86.2 cm³/mol. The van der Waals surface area contributed by atoms with E-state index in [0.717, 1.165) is 31.6 Å². The van der Waals surface area contributed by atoms with Crippen molar-refractivity contribution in [3.63, 3.8) is 0 Å². The van der Waals surface area contributed by atoms with Crippen LogP contribution >= 0.6 is 0 Å². The van der Waals surface area contributed by atoms with E-state index in [4.69, 9.17) is 5.73 Å². The van der Waals surface area contributed by atoms with Gasteiger partial charge in [-0.2, -0.15) is 5.10 Å². The summed E-state index contributed by atoms with van der Waals surface area (Å²) in [6.45, 7) is 3.11. The minimum absolute atomic E-state index is 0.409. The maximum absolute atomic E-state index is 10.8. The van der Waals surface area contributed by atoms with Gasteiger partial charge in [0, 0.05) is 25.8 Å². The van der Waals surface area contributed by atoms with Gasteiger partial charge in [-0.1, -0.05) is 30.3 Å². The minimum atomic E-state index is -0.803. The summed E-state index contributed by atoms with van der Waals surface area (Å²) < 4.78 is 0. The number of aliphatic hydroxyl groups is 1. The monoisotopic (exact) mass is 300 g/mol. The summed E-state index contributed by atoms with van der Waals surface area (Å²) in [6.07, 6.45) is 3.40. The normalized spacial score (nSPS) is 23.7. The molecule has 4 N–H and O–H groups in total. The second-order valence-corrected chi connectivity index (χ2v) is 6.28. The third-order valence-electron chi connectivity index (χ3n) is 4.55. The maximum atomic E-state index is 10.8. The molecule has 5 nitrogen and oxygen atoms in total. The van der Waals surface area contributed by atoms with Crippen molar-refractivity contribution >= 4 is 0 Å². The van der Waals surface area contributed by atoms with Gasteiger partial charge >= 0.3 is 0 Å². The van der Waals surface area contributed by atoms with Crippen molar-refractivity contribution in [2.75, 3.05) is 26.2 Å². The van der Waals surface area contributed by atoms with Crippen molar-refractivity contribution in [1.82, 2.24) is 15.1 Å². The van der Waals surface area contributed by atoms with E-state index in [-0.39, 0.29) is 0 Å². The summed E-state index contributed by atoms with van der Waals surface area (Å²) in [7, 11) is 0. The highest BCUT2D eigenvalue weighted by molar-refractivity contribution is 5.16. The molecule has 3 rings (SSSR count). The Morgan fingerprint density at radius 3 is 2.82 bits per heavy atom. The first kappa shape index (κ1) is 15.2. The SMILES string of the molecule is NCC(Cc1ccccc1)CN1CCC(O)(c2ccn[nH]2)C1. The molecule has 1 aromatic carbocycles. The standard InChI is InChI=1S/C17H24N4O/c18-11-15(10-14-4-2-1-3-5-14)12-21-9-7-17(22,13-21)16-6-8-19-20-16/h1-6,8,15,22H,7,9-13,18H2,(H,19,20). The molecule has 2 unspecified atom stereocenters. The van der Waals surface area contributed by atoms with Gasteiger partial charge in [0.05, 0.1) is 5.69 Å². The number of β-amino-alcohol motifs (C(OH)–C–C–N with tert-alkyl or cyclic N) is 1. The molecule has 118 valence electrons. The van der Waals surface area contributed by atoms with Crippen LogP contribution in [0, 0.1) is 5.92 Å². The molecule has 1 aliphatic heterocycles. The fourth-order valence-corrected chi connectivity index (χ4v) is 3.30. The molecule has 2 heterocycles. The Kier molecular flexibility index (Phi) is 4.57. The molecule has 0 aliphatic carbocycles. The number of likely N-dealkylation sites (tertiary alicyclic amines) is 1. The fraction of sp³-hybridized carbons (Fsp3) is 0.471. The van der Waals surface area contributed by atoms with Crippen molar-refractivity contribution in [3.8, 4) is 0 Å². The number of rotatable bonds is 6. The third kappa shape index (κ3) is 3.38. The molecule has 1 aromatic heterocycles. The highest BCUT2D eigenvalue weighted by Gasteiger charge is 2.39. The van der Waals surface area contributed by atoms with E-state index in [2.05, 4.69) is 39.4 Å². The van der Waals surface area contributed by atoms with Gasteiger partial charge in [-0.05, 0) is 36.9 Å². The van der Waals surface area contributed by atoms with Gasteiger partial charge < -0.3 is 10.8 Å². The Hall–Kier alpha value is -1.69. The van der Waals surface area contributed by atoms with Crippen LogP contribution in [-0.2, 0) is 12.0 Å². The number of hydrogen-bond acceptors (Lipinski definition) is 4. The number of benzene rings is 1. The molecule has 0 radical (unpaired) electrons. The first-order valence-corrected chi connectivity index (χ1v) is 7.88. The van der Waals surface area contributed by atoms with E-state index in [1.807, 2.05) is 12.1 Å². The zero-order valence-corrected chi connectivity index (χ0v) is 12.8. The van der Waals surface area contributed by atoms with Gasteiger partial charge in [0.1, 0.15) is 5.60 Å². The van der Waals surface area contributed by atoms with Gasteiger partial charge in [-0.15, -0.1) is 0 Å². The van der Waals surface area contributed by atoms with Crippen LogP contribution in [0.25, 0.3) is 0 Å². The van der Waals surface area contributed by atoms with Crippen molar-refractivity contribution in [1.29, 1.82) is 0 Å². The van der Waals surface area contributed by atoms with Gasteiger partial charge in [0.15, 0.2) is 0 Å². The van der Waals surface area contributed by atoms with Crippen molar-refractivity contribution in [2.24, 2.45) is 11.7 Å². The molecule has 1 fully saturated rings. The van der Waals surface area contributed by atoms with E-state index < -0.39 is 5.60 Å². The molecule has 1 aliphatic rings. The van der Waals surface area contributed by atoms with Crippen LogP contribution in [0.4, 0.5) is 0 Å². The second-order valence-electron chi connectivity index (χ2n) is 6.28. The lowest BCUT2D eigenvalue weighted by Crippen LogP contribution is -2.36. The Bertz CT molecular complexity index is 572. The molecule has 0 spiro atoms. The van der Waals surface area contributed by atoms with E-state index >= 15 is 0 Å². The lowest BCUT2D eigenvalue weighted by Gasteiger charge is -2.25. The number of aromatic nitrogens is 2. The smallest absolute Gasteiger partial charge is 0.120 e. The number of nitrogens with one attached hydrogen (secondary N) is 1. The highest BCUT2D eigenvalue weighted by Crippen LogP contribution is 2.30. The lowest BCUT2D eigenvalue weighted by atomic mass is 9.98. The molecule has 2 aromatic rings. The number of H-pyrrole nitrogens is 1. The molecular formula is C17H24N4O.